The van der Waals surface area contributed by atoms with Crippen LogP contribution in [0.15, 0.2) is 33.1 Å². The average molecular weight is 490 g/mol. The van der Waals surface area contributed by atoms with Crippen molar-refractivity contribution in [2.45, 2.75) is 6.42 Å². The fourth-order valence-corrected chi connectivity index (χ4v) is 5.34. The quantitative estimate of drug-likeness (QED) is 0.345. The largest absolute Gasteiger partial charge is 1.00 e. The van der Waals surface area contributed by atoms with E-state index in [0.717, 1.165) is 19.9 Å². The molecule has 0 amide bonds. The second kappa shape index (κ2) is 11.1. The Morgan fingerprint density at radius 3 is 2.44 bits per heavy atom. The molecule has 11 heteroatoms. The summed E-state index contributed by atoms with van der Waals surface area (Å²) < 4.78 is 2.30. The first-order valence-electron chi connectivity index (χ1n) is 6.19. The van der Waals surface area contributed by atoms with Gasteiger partial charge in [-0.05, 0) is 0 Å². The fraction of sp³-hybridized carbons (Fsp3) is 0.0714. The Bertz CT molecular complexity index is 871. The first kappa shape index (κ1) is 25.1. The van der Waals surface area contributed by atoms with E-state index in [-0.39, 0.29) is 70.3 Å². The maximum atomic E-state index is 10.5. The molecule has 1 aliphatic rings. The van der Waals surface area contributed by atoms with E-state index in [1.807, 2.05) is 17.1 Å². The minimum absolute atomic E-state index is 0. The number of aromatic carboxylic acids is 1. The van der Waals surface area contributed by atoms with Crippen LogP contribution in [0.4, 0.5) is 5.69 Å². The summed E-state index contributed by atoms with van der Waals surface area (Å²) in [6.07, 6.45) is 0.491. The van der Waals surface area contributed by atoms with Gasteiger partial charge in [0, 0.05) is 0 Å². The van der Waals surface area contributed by atoms with E-state index in [4.69, 9.17) is 5.11 Å². The maximum Gasteiger partial charge on any atom is 1.00 e. The van der Waals surface area contributed by atoms with Crippen LogP contribution in [0.25, 0.3) is 9.78 Å². The summed E-state index contributed by atoms with van der Waals surface area (Å²) in [5.74, 6) is -2.02. The van der Waals surface area contributed by atoms with E-state index >= 15 is 0 Å². The van der Waals surface area contributed by atoms with E-state index in [0.29, 0.717) is 41.1 Å². The van der Waals surface area contributed by atoms with Gasteiger partial charge in [-0.25, -0.2) is 0 Å². The molecular weight excluding hydrogens is 480 g/mol. The molecule has 0 aromatic carbocycles. The number of nitrogens with one attached hydrogen (secondary N) is 1. The molecule has 4 rings (SSSR count). The van der Waals surface area contributed by atoms with Crippen molar-refractivity contribution < 1.29 is 84.4 Å². The number of carbonyl (C=O) groups is 2. The summed E-state index contributed by atoms with van der Waals surface area (Å²) in [6.45, 7) is 0. The number of aliphatic carboxylic acids is 1. The minimum atomic E-state index is -1.14. The van der Waals surface area contributed by atoms with Crippen molar-refractivity contribution in [1.82, 2.24) is 4.98 Å². The van der Waals surface area contributed by atoms with Crippen LogP contribution in [-0.4, -0.2) is 62.2 Å². The number of aromatic amines is 1. The summed E-state index contributed by atoms with van der Waals surface area (Å²) in [5.41, 5.74) is 2.29. The van der Waals surface area contributed by atoms with Gasteiger partial charge >= 0.3 is 196 Å². The molecule has 0 atom stereocenters. The van der Waals surface area contributed by atoms with Crippen molar-refractivity contribution in [1.29, 1.82) is 0 Å². The molecule has 0 saturated carbocycles. The molecule has 0 aliphatic carbocycles. The number of hydrogen-bond acceptors (Lipinski definition) is 5. The summed E-state index contributed by atoms with van der Waals surface area (Å²) in [7, 11) is 0. The molecule has 0 unspecified atom stereocenters. The number of fused-ring (bicyclic) bond motifs is 2. The van der Waals surface area contributed by atoms with Gasteiger partial charge in [0.25, 0.3) is 0 Å². The van der Waals surface area contributed by atoms with Crippen LogP contribution in [0.3, 0.4) is 0 Å². The van der Waals surface area contributed by atoms with Gasteiger partial charge in [-0.3, -0.25) is 0 Å². The van der Waals surface area contributed by atoms with Gasteiger partial charge < -0.3 is 5.48 Å². The normalized spacial score (nSPS) is 11.0. The van der Waals surface area contributed by atoms with Gasteiger partial charge in [0.05, 0.1) is 0 Å². The Hall–Kier alpha value is 0.109. The van der Waals surface area contributed by atoms with E-state index in [9.17, 15) is 14.7 Å². The predicted octanol–water partition coefficient (Wildman–Crippen LogP) is -6.12. The number of carboxylic acid groups (broad SMARTS) is 2. The van der Waals surface area contributed by atoms with Crippen LogP contribution in [-0.2, 0) is 11.2 Å². The minimum Gasteiger partial charge on any atom is -0.870 e. The molecule has 0 saturated heterocycles. The predicted molar refractivity (Wildman–Crippen MR) is 83.3 cm³/mol. The van der Waals surface area contributed by atoms with Crippen LogP contribution >= 0.6 is 0 Å². The van der Waals surface area contributed by atoms with Gasteiger partial charge in [-0.15, -0.1) is 0 Å². The zero-order valence-corrected chi connectivity index (χ0v) is 20.9. The number of aromatic nitrogens is 1. The van der Waals surface area contributed by atoms with E-state index < -0.39 is 11.9 Å². The molecule has 120 valence electrons. The Balaban J connectivity index is 0.000000411. The number of H-pyrrole nitrogens is 1. The van der Waals surface area contributed by atoms with E-state index in [1.54, 1.807) is 6.07 Å². The Kier molecular flexibility index (Phi) is 11.1. The molecular formula is C14H10N2Na2O5Se2. The molecule has 3 aromatic heterocycles. The Morgan fingerprint density at radius 1 is 1.20 bits per heavy atom. The van der Waals surface area contributed by atoms with E-state index in [1.165, 1.54) is 0 Å². The van der Waals surface area contributed by atoms with Gasteiger partial charge in [0.2, 0.25) is 0 Å². The number of aliphatic imine (C=N–C) groups is 1. The molecule has 3 aromatic rings. The van der Waals surface area contributed by atoms with Crippen molar-refractivity contribution in [2.75, 3.05) is 0 Å². The van der Waals surface area contributed by atoms with Crippen molar-refractivity contribution in [2.24, 2.45) is 4.99 Å². The number of carbonyl (C=O) groups excluding carboxylic acids is 1. The zero-order valence-electron chi connectivity index (χ0n) is 13.5. The molecule has 7 nitrogen and oxygen atoms in total. The van der Waals surface area contributed by atoms with Crippen molar-refractivity contribution >= 4 is 62.1 Å². The SMILES string of the molecule is O=C(O)c1cc2[se]ccc2[nH]1.O=C([O-])C1=Nc2cc[se]c2C1.[Na+].[Na+].[OH-]. The zero-order chi connectivity index (χ0) is 15.7. The van der Waals surface area contributed by atoms with Crippen molar-refractivity contribution in [3.63, 3.8) is 0 Å². The van der Waals surface area contributed by atoms with E-state index in [2.05, 4.69) is 14.9 Å². The smallest absolute Gasteiger partial charge is 0.870 e. The molecule has 0 radical (unpaired) electrons. The number of rotatable bonds is 2. The summed E-state index contributed by atoms with van der Waals surface area (Å²) in [5, 5.41) is 18.9. The Morgan fingerprint density at radius 2 is 1.88 bits per heavy atom. The summed E-state index contributed by atoms with van der Waals surface area (Å²) >= 11 is 0.662. The number of nitrogens with zero attached hydrogens (tertiary/aromatic N) is 1. The first-order valence-corrected chi connectivity index (χ1v) is 9.88. The van der Waals surface area contributed by atoms with Crippen LogP contribution in [0, 0.1) is 0 Å². The van der Waals surface area contributed by atoms with Gasteiger partial charge in [-0.1, -0.05) is 0 Å². The number of carboxylic acids is 2. The Labute approximate surface area is 198 Å². The van der Waals surface area contributed by atoms with Crippen molar-refractivity contribution in [3.05, 3.63) is 38.2 Å². The second-order valence-electron chi connectivity index (χ2n) is 4.44. The monoisotopic (exact) mass is 492 g/mol. The van der Waals surface area contributed by atoms with Crippen LogP contribution in [0.5, 0.6) is 0 Å². The van der Waals surface area contributed by atoms with Crippen LogP contribution in [0.1, 0.15) is 14.9 Å². The average Bonchev–Trinajstić information content (AvgIpc) is 3.18. The summed E-state index contributed by atoms with van der Waals surface area (Å²) in [4.78, 5) is 31.7. The molecule has 0 bridgehead atoms. The van der Waals surface area contributed by atoms with Gasteiger partial charge in [0.1, 0.15) is 0 Å². The molecule has 0 spiro atoms. The first-order chi connectivity index (χ1) is 10.5. The molecule has 3 N–H and O–H groups in total. The maximum absolute atomic E-state index is 10.5. The molecule has 0 fully saturated rings. The van der Waals surface area contributed by atoms with Crippen LogP contribution in [0.2, 0.25) is 0 Å². The fourth-order valence-electron chi connectivity index (χ4n) is 1.98. The third-order valence-electron chi connectivity index (χ3n) is 3.01. The molecule has 25 heavy (non-hydrogen) atoms. The van der Waals surface area contributed by atoms with Crippen LogP contribution < -0.4 is 64.2 Å². The third-order valence-corrected chi connectivity index (χ3v) is 6.73. The molecule has 4 heterocycles. The van der Waals surface area contributed by atoms with Gasteiger partial charge in [-0.2, -0.15) is 0 Å². The van der Waals surface area contributed by atoms with Gasteiger partial charge in [0.15, 0.2) is 0 Å². The summed E-state index contributed by atoms with van der Waals surface area (Å²) in [6, 6.07) is 5.52. The third kappa shape index (κ3) is 6.06. The second-order valence-corrected chi connectivity index (χ2v) is 8.53. The number of hydrogen-bond donors (Lipinski definition) is 2. The topological polar surface area (TPSA) is 136 Å². The standard InChI is InChI=1S/2C7H5NO2Se.2Na.H2O/c2*9-7(10)5-3-6-4(8-5)1-2-11-6;;;/h1-2H,3H2,(H,9,10);1-3,8H,(H,9,10);;;1H2/q;;2*+1;/p-2. The molecule has 1 aliphatic heterocycles. The van der Waals surface area contributed by atoms with Crippen molar-refractivity contribution in [3.8, 4) is 0 Å².